The van der Waals surface area contributed by atoms with Crippen LogP contribution in [0.2, 0.25) is 0 Å². The summed E-state index contributed by atoms with van der Waals surface area (Å²) in [7, 11) is 1.45. The van der Waals surface area contributed by atoms with Crippen molar-refractivity contribution in [3.63, 3.8) is 0 Å². The Balaban J connectivity index is 2.38. The first-order valence-corrected chi connectivity index (χ1v) is 8.40. The van der Waals surface area contributed by atoms with Crippen LogP contribution in [-0.4, -0.2) is 35.8 Å². The zero-order valence-corrected chi connectivity index (χ0v) is 15.8. The van der Waals surface area contributed by atoms with Crippen LogP contribution in [0.1, 0.15) is 32.6 Å². The van der Waals surface area contributed by atoms with Crippen LogP contribution in [0, 0.1) is 32.1 Å². The molecule has 0 amide bonds. The summed E-state index contributed by atoms with van der Waals surface area (Å²) in [6.45, 7) is 5.21. The molecule has 1 heterocycles. The van der Waals surface area contributed by atoms with Crippen molar-refractivity contribution in [2.45, 2.75) is 27.3 Å². The second-order valence-corrected chi connectivity index (χ2v) is 6.22. The minimum atomic E-state index is -0.656. The van der Waals surface area contributed by atoms with Crippen molar-refractivity contribution in [2.24, 2.45) is 0 Å². The van der Waals surface area contributed by atoms with E-state index in [1.54, 1.807) is 6.07 Å². The van der Waals surface area contributed by atoms with Gasteiger partial charge in [0.25, 0.3) is 5.56 Å². The molecule has 0 fully saturated rings. The minimum absolute atomic E-state index is 0.0222. The fourth-order valence-electron chi connectivity index (χ4n) is 2.70. The molecule has 0 aliphatic carbocycles. The van der Waals surface area contributed by atoms with Crippen LogP contribution in [0.3, 0.4) is 0 Å². The zero-order chi connectivity index (χ0) is 20.1. The number of benzene rings is 1. The van der Waals surface area contributed by atoms with Gasteiger partial charge in [0.15, 0.2) is 6.61 Å². The Hall–Kier alpha value is -3.11. The number of hydrogen-bond donors (Lipinski definition) is 1. The molecule has 142 valence electrons. The molecule has 0 spiro atoms. The molecule has 0 radical (unpaired) electrons. The normalized spacial score (nSPS) is 10.5. The maximum Gasteiger partial charge on any atom is 0.271 e. The highest BCUT2D eigenvalue weighted by atomic mass is 16.5. The number of ether oxygens (including phenoxy) is 2. The van der Waals surface area contributed by atoms with E-state index in [9.17, 15) is 20.0 Å². The Labute approximate surface area is 157 Å². The summed E-state index contributed by atoms with van der Waals surface area (Å²) >= 11 is 0. The van der Waals surface area contributed by atoms with Gasteiger partial charge in [0.1, 0.15) is 17.4 Å². The van der Waals surface area contributed by atoms with Gasteiger partial charge in [-0.05, 0) is 49.6 Å². The van der Waals surface area contributed by atoms with E-state index < -0.39 is 17.2 Å². The van der Waals surface area contributed by atoms with Gasteiger partial charge in [-0.25, -0.2) is 0 Å². The topological polar surface area (TPSA) is 102 Å². The molecule has 1 aromatic heterocycles. The zero-order valence-electron chi connectivity index (χ0n) is 15.8. The maximum absolute atomic E-state index is 12.7. The highest BCUT2D eigenvalue weighted by Gasteiger charge is 2.24. The Kier molecular flexibility index (Phi) is 6.37. The summed E-state index contributed by atoms with van der Waals surface area (Å²) in [6.07, 6.45) is 0. The number of carbonyl (C=O) groups excluding carboxylic acids is 1. The van der Waals surface area contributed by atoms with Crippen molar-refractivity contribution < 1.29 is 19.4 Å². The molecule has 0 saturated heterocycles. The van der Waals surface area contributed by atoms with Crippen LogP contribution in [0.4, 0.5) is 0 Å². The molecule has 27 heavy (non-hydrogen) atoms. The third-order valence-corrected chi connectivity index (χ3v) is 4.45. The number of Topliss-reactive ketones (excluding diaryl/α,β-unsaturated/α-hetero) is 1. The lowest BCUT2D eigenvalue weighted by molar-refractivity contribution is 0.0915. The first-order chi connectivity index (χ1) is 12.8. The number of aromatic nitrogens is 1. The van der Waals surface area contributed by atoms with E-state index in [0.29, 0.717) is 5.75 Å². The lowest BCUT2D eigenvalue weighted by Crippen LogP contribution is -2.29. The molecule has 0 aliphatic rings. The summed E-state index contributed by atoms with van der Waals surface area (Å²) in [6, 6.07) is 7.27. The predicted octanol–water partition coefficient (Wildman–Crippen LogP) is 2.26. The van der Waals surface area contributed by atoms with Gasteiger partial charge >= 0.3 is 0 Å². The summed E-state index contributed by atoms with van der Waals surface area (Å²) in [5.74, 6) is -0.482. The molecule has 0 aliphatic heterocycles. The first-order valence-electron chi connectivity index (χ1n) is 8.40. The van der Waals surface area contributed by atoms with Gasteiger partial charge in [-0.15, -0.1) is 0 Å². The number of carbonyl (C=O) groups is 1. The lowest BCUT2D eigenvalue weighted by Gasteiger charge is -2.15. The van der Waals surface area contributed by atoms with Crippen LogP contribution < -0.4 is 10.3 Å². The Morgan fingerprint density at radius 2 is 1.96 bits per heavy atom. The van der Waals surface area contributed by atoms with Gasteiger partial charge in [-0.2, -0.15) is 5.26 Å². The summed E-state index contributed by atoms with van der Waals surface area (Å²) in [5, 5.41) is 19.8. The van der Waals surface area contributed by atoms with Crippen LogP contribution in [0.25, 0.3) is 0 Å². The SMILES string of the molecule is COCCn1c(O)c(C(=O)COc2ccc(C)c(C)c2)c(C)c(C#N)c1=O. The molecule has 0 atom stereocenters. The number of rotatable bonds is 7. The molecule has 0 saturated carbocycles. The number of aromatic hydroxyl groups is 1. The van der Waals surface area contributed by atoms with E-state index in [-0.39, 0.29) is 36.4 Å². The predicted molar refractivity (Wildman–Crippen MR) is 99.4 cm³/mol. The van der Waals surface area contributed by atoms with E-state index in [4.69, 9.17) is 9.47 Å². The van der Waals surface area contributed by atoms with Crippen LogP contribution >= 0.6 is 0 Å². The third kappa shape index (κ3) is 4.18. The Morgan fingerprint density at radius 3 is 2.56 bits per heavy atom. The summed E-state index contributed by atoms with van der Waals surface area (Å²) in [4.78, 5) is 25.0. The number of methoxy groups -OCH3 is 1. The number of nitrogens with zero attached hydrogens (tertiary/aromatic N) is 2. The fourth-order valence-corrected chi connectivity index (χ4v) is 2.70. The smallest absolute Gasteiger partial charge is 0.271 e. The number of ketones is 1. The molecule has 7 heteroatoms. The van der Waals surface area contributed by atoms with E-state index >= 15 is 0 Å². The highest BCUT2D eigenvalue weighted by molar-refractivity contribution is 6.01. The van der Waals surface area contributed by atoms with Crippen molar-refractivity contribution in [3.8, 4) is 17.7 Å². The Morgan fingerprint density at radius 1 is 1.26 bits per heavy atom. The molecule has 2 rings (SSSR count). The van der Waals surface area contributed by atoms with E-state index in [0.717, 1.165) is 15.7 Å². The average molecular weight is 370 g/mol. The van der Waals surface area contributed by atoms with Crippen molar-refractivity contribution >= 4 is 5.78 Å². The van der Waals surface area contributed by atoms with E-state index in [1.165, 1.54) is 14.0 Å². The summed E-state index contributed by atoms with van der Waals surface area (Å²) in [5.41, 5.74) is 1.34. The number of pyridine rings is 1. The maximum atomic E-state index is 12.7. The average Bonchev–Trinajstić information content (AvgIpc) is 2.63. The van der Waals surface area contributed by atoms with Crippen molar-refractivity contribution in [1.82, 2.24) is 4.57 Å². The number of aryl methyl sites for hydroxylation is 2. The molecule has 0 unspecified atom stereocenters. The van der Waals surface area contributed by atoms with Gasteiger partial charge in [0.05, 0.1) is 18.7 Å². The van der Waals surface area contributed by atoms with Crippen molar-refractivity contribution in [3.05, 3.63) is 56.4 Å². The molecule has 1 aromatic carbocycles. The molecule has 2 aromatic rings. The van der Waals surface area contributed by atoms with Gasteiger partial charge in [0.2, 0.25) is 11.7 Å². The van der Waals surface area contributed by atoms with Crippen molar-refractivity contribution in [2.75, 3.05) is 20.3 Å². The van der Waals surface area contributed by atoms with E-state index in [1.807, 2.05) is 32.0 Å². The van der Waals surface area contributed by atoms with E-state index in [2.05, 4.69) is 0 Å². The minimum Gasteiger partial charge on any atom is -0.494 e. The number of hydrogen-bond acceptors (Lipinski definition) is 6. The van der Waals surface area contributed by atoms with Crippen LogP contribution in [0.15, 0.2) is 23.0 Å². The number of nitriles is 1. The Bertz CT molecular complexity index is 970. The molecular formula is C20H22N2O5. The quantitative estimate of drug-likeness (QED) is 0.750. The van der Waals surface area contributed by atoms with Gasteiger partial charge in [-0.3, -0.25) is 14.2 Å². The second kappa shape index (κ2) is 8.52. The molecule has 0 bridgehead atoms. The van der Waals surface area contributed by atoms with Crippen LogP contribution in [0.5, 0.6) is 11.6 Å². The van der Waals surface area contributed by atoms with Gasteiger partial charge in [-0.1, -0.05) is 6.07 Å². The lowest BCUT2D eigenvalue weighted by atomic mass is 10.0. The van der Waals surface area contributed by atoms with Crippen LogP contribution in [-0.2, 0) is 11.3 Å². The van der Waals surface area contributed by atoms with Gasteiger partial charge in [0, 0.05) is 7.11 Å². The van der Waals surface area contributed by atoms with Gasteiger partial charge < -0.3 is 14.6 Å². The standard InChI is InChI=1S/C20H22N2O5/c1-12-5-6-15(9-13(12)2)27-11-17(23)18-14(3)16(10-21)19(24)22(20(18)25)7-8-26-4/h5-6,9,25H,7-8,11H2,1-4H3. The largest absolute Gasteiger partial charge is 0.494 e. The fraction of sp³-hybridized carbons (Fsp3) is 0.350. The first kappa shape index (κ1) is 20.2. The monoisotopic (exact) mass is 370 g/mol. The third-order valence-electron chi connectivity index (χ3n) is 4.45. The summed E-state index contributed by atoms with van der Waals surface area (Å²) < 4.78 is 11.4. The molecular weight excluding hydrogens is 348 g/mol. The highest BCUT2D eigenvalue weighted by Crippen LogP contribution is 2.23. The van der Waals surface area contributed by atoms with Crippen molar-refractivity contribution in [1.29, 1.82) is 5.26 Å². The molecule has 7 nitrogen and oxygen atoms in total. The molecule has 1 N–H and O–H groups in total. The second-order valence-electron chi connectivity index (χ2n) is 6.22.